The Morgan fingerprint density at radius 1 is 0.653 bits per heavy atom. The minimum absolute atomic E-state index is 0.513. The number of hydrogen-bond donors (Lipinski definition) is 2. The van der Waals surface area contributed by atoms with Crippen molar-refractivity contribution in [2.45, 2.75) is 113 Å². The summed E-state index contributed by atoms with van der Waals surface area (Å²) in [5, 5.41) is 7.25. The average molecular weight is 657 g/mol. The van der Waals surface area contributed by atoms with E-state index in [1.54, 1.807) is 0 Å². The first-order valence-corrected chi connectivity index (χ1v) is 19.2. The van der Waals surface area contributed by atoms with E-state index in [0.29, 0.717) is 5.54 Å². The molecule has 0 aromatic carbocycles. The van der Waals surface area contributed by atoms with Crippen LogP contribution in [0.4, 0.5) is 0 Å². The maximum absolute atomic E-state index is 4.14. The number of pyridine rings is 3. The van der Waals surface area contributed by atoms with Crippen molar-refractivity contribution in [3.8, 4) is 0 Å². The van der Waals surface area contributed by atoms with Gasteiger partial charge in [0.05, 0.1) is 0 Å². The van der Waals surface area contributed by atoms with Crippen LogP contribution in [-0.4, -0.2) is 62.6 Å². The number of allylic oxidation sites excluding steroid dienone is 1. The molecule has 2 saturated carbocycles. The van der Waals surface area contributed by atoms with E-state index >= 15 is 0 Å². The molecule has 49 heavy (non-hydrogen) atoms. The highest BCUT2D eigenvalue weighted by atomic mass is 15.2. The van der Waals surface area contributed by atoms with Crippen molar-refractivity contribution in [1.82, 2.24) is 30.5 Å². The largest absolute Gasteiger partial charge is 0.311 e. The summed E-state index contributed by atoms with van der Waals surface area (Å²) < 4.78 is 0. The van der Waals surface area contributed by atoms with Crippen LogP contribution in [-0.2, 0) is 0 Å². The first-order valence-electron chi connectivity index (χ1n) is 19.2. The number of nitrogens with zero attached hydrogens (tertiary/aromatic N) is 4. The zero-order chi connectivity index (χ0) is 33.1. The lowest BCUT2D eigenvalue weighted by Gasteiger charge is -2.51. The number of nitrogens with one attached hydrogen (secondary N) is 2. The third kappa shape index (κ3) is 8.83. The van der Waals surface area contributed by atoms with Gasteiger partial charge in [0.25, 0.3) is 0 Å². The standard InChI is InChI=1S/2C15H20N2.C13H16N2/c1(5-14-6-2-10-16-13-14)7-15-8-3-11-17(15)12-4-9-15;1(5-12-6-4-10-16-11-12)2-7-13-14-8-3-9-15(13)17-14;1-4-12-11(13(5-1)15-12)7-6-10-3-2-8-14-9-10/h1-2,5-6,10,13H,3-4,7-9,11-12H2;1,4-6,10-11,13-15,17H,2-3,7-9H2;2-3,6-9,11-13,15H,1,4-5H2. The molecule has 7 heterocycles. The SMILES string of the molecule is C(=CC1C2CCCC1N2)c1cccnc1.C(=Cc1cccnc1)CC12CCCN1CCC2.C(=Cc1cccnc1)CCC1C2CCCC1N2. The second-order valence-electron chi connectivity index (χ2n) is 15.1. The third-order valence-electron chi connectivity index (χ3n) is 12.0. The number of aromatic nitrogens is 3. The van der Waals surface area contributed by atoms with Gasteiger partial charge >= 0.3 is 0 Å². The average Bonchev–Trinajstić information content (AvgIpc) is 3.75. The van der Waals surface area contributed by atoms with E-state index in [1.165, 1.54) is 113 Å². The van der Waals surface area contributed by atoms with Crippen LogP contribution in [0.15, 0.2) is 91.8 Å². The molecule has 0 radical (unpaired) electrons. The normalized spacial score (nSPS) is 29.4. The molecule has 4 atom stereocenters. The molecule has 3 aromatic rings. The second kappa shape index (κ2) is 17.0. The molecule has 6 fully saturated rings. The van der Waals surface area contributed by atoms with E-state index in [9.17, 15) is 0 Å². The fraction of sp³-hybridized carbons (Fsp3) is 0.512. The minimum atomic E-state index is 0.513. The second-order valence-corrected chi connectivity index (χ2v) is 15.1. The van der Waals surface area contributed by atoms with Gasteiger partial charge in [-0.15, -0.1) is 0 Å². The smallest absolute Gasteiger partial charge is 0.0340 e. The molecule has 6 nitrogen and oxygen atoms in total. The molecule has 6 heteroatoms. The van der Waals surface area contributed by atoms with Gasteiger partial charge in [0, 0.05) is 72.8 Å². The summed E-state index contributed by atoms with van der Waals surface area (Å²) in [6, 6.07) is 15.4. The van der Waals surface area contributed by atoms with Gasteiger partial charge < -0.3 is 10.6 Å². The molecule has 4 aliphatic heterocycles. The maximum atomic E-state index is 4.14. The first-order chi connectivity index (χ1) is 24.3. The fourth-order valence-corrected chi connectivity index (χ4v) is 9.40. The Hall–Kier alpha value is -3.45. The molecule has 4 bridgehead atoms. The highest BCUT2D eigenvalue weighted by molar-refractivity contribution is 5.49. The van der Waals surface area contributed by atoms with Crippen molar-refractivity contribution >= 4 is 18.2 Å². The van der Waals surface area contributed by atoms with Crippen LogP contribution >= 0.6 is 0 Å². The van der Waals surface area contributed by atoms with Crippen LogP contribution in [0.1, 0.15) is 100 Å². The maximum Gasteiger partial charge on any atom is 0.0340 e. The molecule has 2 N–H and O–H groups in total. The van der Waals surface area contributed by atoms with Crippen LogP contribution in [0.2, 0.25) is 0 Å². The van der Waals surface area contributed by atoms with Crippen molar-refractivity contribution in [3.63, 3.8) is 0 Å². The van der Waals surface area contributed by atoms with Gasteiger partial charge in [-0.25, -0.2) is 0 Å². The molecular formula is C43H56N6. The zero-order valence-corrected chi connectivity index (χ0v) is 29.3. The Bertz CT molecular complexity index is 1470. The molecule has 4 unspecified atom stereocenters. The molecule has 258 valence electrons. The van der Waals surface area contributed by atoms with Gasteiger partial charge in [-0.2, -0.15) is 0 Å². The van der Waals surface area contributed by atoms with E-state index in [0.717, 1.165) is 36.0 Å². The molecule has 6 aliphatic rings. The van der Waals surface area contributed by atoms with E-state index in [2.05, 4.69) is 85.1 Å². The third-order valence-corrected chi connectivity index (χ3v) is 12.0. The van der Waals surface area contributed by atoms with Crippen molar-refractivity contribution in [1.29, 1.82) is 0 Å². The van der Waals surface area contributed by atoms with Crippen LogP contribution in [0.5, 0.6) is 0 Å². The summed E-state index contributed by atoms with van der Waals surface area (Å²) >= 11 is 0. The highest BCUT2D eigenvalue weighted by Crippen LogP contribution is 2.42. The van der Waals surface area contributed by atoms with Crippen LogP contribution in [0.25, 0.3) is 18.2 Å². The quantitative estimate of drug-likeness (QED) is 0.241. The van der Waals surface area contributed by atoms with Gasteiger partial charge in [0.2, 0.25) is 0 Å². The van der Waals surface area contributed by atoms with Gasteiger partial charge in [-0.05, 0) is 125 Å². The monoisotopic (exact) mass is 656 g/mol. The Kier molecular flexibility index (Phi) is 11.8. The molecule has 2 aliphatic carbocycles. The highest BCUT2D eigenvalue weighted by Gasteiger charge is 2.43. The summed E-state index contributed by atoms with van der Waals surface area (Å²) in [6.45, 7) is 2.64. The summed E-state index contributed by atoms with van der Waals surface area (Å²) in [5.74, 6) is 1.71. The topological polar surface area (TPSA) is 66.0 Å². The lowest BCUT2D eigenvalue weighted by atomic mass is 9.70. The van der Waals surface area contributed by atoms with Gasteiger partial charge in [0.15, 0.2) is 0 Å². The molecule has 0 spiro atoms. The molecule has 0 amide bonds. The molecule has 4 saturated heterocycles. The number of piperidine rings is 2. The predicted molar refractivity (Wildman–Crippen MR) is 203 cm³/mol. The van der Waals surface area contributed by atoms with E-state index in [-0.39, 0.29) is 0 Å². The summed E-state index contributed by atoms with van der Waals surface area (Å²) in [6.07, 6.45) is 42.5. The summed E-state index contributed by atoms with van der Waals surface area (Å²) in [7, 11) is 0. The van der Waals surface area contributed by atoms with Gasteiger partial charge in [-0.3, -0.25) is 19.9 Å². The fourth-order valence-electron chi connectivity index (χ4n) is 9.40. The molecule has 9 rings (SSSR count). The van der Waals surface area contributed by atoms with Crippen LogP contribution in [0, 0.1) is 11.8 Å². The number of rotatable bonds is 9. The van der Waals surface area contributed by atoms with Gasteiger partial charge in [-0.1, -0.05) is 67.5 Å². The number of hydrogen-bond acceptors (Lipinski definition) is 6. The van der Waals surface area contributed by atoms with Crippen molar-refractivity contribution in [2.75, 3.05) is 13.1 Å². The van der Waals surface area contributed by atoms with E-state index < -0.39 is 0 Å². The van der Waals surface area contributed by atoms with Crippen molar-refractivity contribution < 1.29 is 0 Å². The van der Waals surface area contributed by atoms with Crippen LogP contribution < -0.4 is 10.6 Å². The Balaban J connectivity index is 0.000000116. The predicted octanol–water partition coefficient (Wildman–Crippen LogP) is 8.36. The van der Waals surface area contributed by atoms with Gasteiger partial charge in [0.1, 0.15) is 0 Å². The Morgan fingerprint density at radius 2 is 1.18 bits per heavy atom. The lowest BCUT2D eigenvalue weighted by Crippen LogP contribution is -2.63. The summed E-state index contributed by atoms with van der Waals surface area (Å²) in [5.41, 5.74) is 4.15. The van der Waals surface area contributed by atoms with Crippen LogP contribution in [0.3, 0.4) is 0 Å². The lowest BCUT2D eigenvalue weighted by molar-refractivity contribution is 0.0753. The Morgan fingerprint density at radius 3 is 1.71 bits per heavy atom. The van der Waals surface area contributed by atoms with E-state index in [4.69, 9.17) is 0 Å². The van der Waals surface area contributed by atoms with E-state index in [1.807, 2.05) is 55.4 Å². The Labute approximate surface area is 294 Å². The molecule has 3 aromatic heterocycles. The summed E-state index contributed by atoms with van der Waals surface area (Å²) in [4.78, 5) is 15.1. The zero-order valence-electron chi connectivity index (χ0n) is 29.3. The number of fused-ring (bicyclic) bond motifs is 5. The minimum Gasteiger partial charge on any atom is -0.311 e. The first kappa shape index (κ1) is 34.0. The van der Waals surface area contributed by atoms with Crippen molar-refractivity contribution in [3.05, 3.63) is 108 Å². The van der Waals surface area contributed by atoms with Crippen molar-refractivity contribution in [2.24, 2.45) is 11.8 Å². The molecular weight excluding hydrogens is 601 g/mol.